The number of sulfonamides is 1. The first-order valence-corrected chi connectivity index (χ1v) is 10.1. The van der Waals surface area contributed by atoms with E-state index < -0.39 is 10.0 Å². The van der Waals surface area contributed by atoms with Crippen LogP contribution in [-0.4, -0.2) is 40.0 Å². The number of amides is 1. The Kier molecular flexibility index (Phi) is 4.02. The maximum Gasteiger partial charge on any atom is 0.258 e. The average molecular weight is 359 g/mol. The normalized spacial score (nSPS) is 18.3. The molecule has 25 heavy (non-hydrogen) atoms. The number of rotatable bonds is 4. The summed E-state index contributed by atoms with van der Waals surface area (Å²) in [4.78, 5) is 14.5. The Bertz CT molecular complexity index is 949. The van der Waals surface area contributed by atoms with Gasteiger partial charge >= 0.3 is 0 Å². The molecule has 2 N–H and O–H groups in total. The van der Waals surface area contributed by atoms with Crippen molar-refractivity contribution < 1.29 is 13.2 Å². The third-order valence-electron chi connectivity index (χ3n) is 5.01. The zero-order valence-corrected chi connectivity index (χ0v) is 14.9. The summed E-state index contributed by atoms with van der Waals surface area (Å²) in [6, 6.07) is 8.61. The summed E-state index contributed by atoms with van der Waals surface area (Å²) in [5, 5.41) is 4.58. The lowest BCUT2D eigenvalue weighted by atomic mass is 10.1. The minimum Gasteiger partial charge on any atom is -0.317 e. The van der Waals surface area contributed by atoms with E-state index in [1.54, 1.807) is 35.2 Å². The molecule has 2 heterocycles. The van der Waals surface area contributed by atoms with Crippen molar-refractivity contribution in [2.45, 2.75) is 30.7 Å². The highest BCUT2D eigenvalue weighted by Crippen LogP contribution is 2.39. The molecule has 0 bridgehead atoms. The van der Waals surface area contributed by atoms with Crippen molar-refractivity contribution in [2.75, 3.05) is 24.5 Å². The van der Waals surface area contributed by atoms with Crippen LogP contribution >= 0.6 is 0 Å². The van der Waals surface area contributed by atoms with E-state index in [0.717, 1.165) is 37.0 Å². The molecule has 1 saturated heterocycles. The van der Waals surface area contributed by atoms with Gasteiger partial charge in [0.1, 0.15) is 0 Å². The SMILES string of the molecule is CCN1C(=O)c2cccc3c(S(=O)(=O)NC4CCNCC4)ccc1c23. The molecule has 1 amide bonds. The van der Waals surface area contributed by atoms with Crippen LogP contribution in [0, 0.1) is 0 Å². The first-order valence-electron chi connectivity index (χ1n) is 8.63. The summed E-state index contributed by atoms with van der Waals surface area (Å²) in [5.41, 5.74) is 1.37. The Morgan fingerprint density at radius 3 is 2.68 bits per heavy atom. The molecular weight excluding hydrogens is 338 g/mol. The predicted octanol–water partition coefficient (Wildman–Crippen LogP) is 1.85. The van der Waals surface area contributed by atoms with Gasteiger partial charge < -0.3 is 10.2 Å². The Labute approximate surface area is 147 Å². The number of anilines is 1. The Hall–Kier alpha value is -1.96. The van der Waals surface area contributed by atoms with Gasteiger partial charge in [-0.05, 0) is 51.1 Å². The van der Waals surface area contributed by atoms with Crippen molar-refractivity contribution in [1.29, 1.82) is 0 Å². The fourth-order valence-electron chi connectivity index (χ4n) is 3.79. The van der Waals surface area contributed by atoms with Gasteiger partial charge in [0.15, 0.2) is 0 Å². The lowest BCUT2D eigenvalue weighted by molar-refractivity contribution is 0.0994. The second-order valence-electron chi connectivity index (χ2n) is 6.51. The van der Waals surface area contributed by atoms with E-state index in [0.29, 0.717) is 17.5 Å². The van der Waals surface area contributed by atoms with Gasteiger partial charge in [-0.25, -0.2) is 13.1 Å². The van der Waals surface area contributed by atoms with Crippen LogP contribution in [0.1, 0.15) is 30.1 Å². The highest BCUT2D eigenvalue weighted by Gasteiger charge is 2.32. The summed E-state index contributed by atoms with van der Waals surface area (Å²) in [7, 11) is -3.64. The van der Waals surface area contributed by atoms with Crippen molar-refractivity contribution in [2.24, 2.45) is 0 Å². The monoisotopic (exact) mass is 359 g/mol. The third-order valence-corrected chi connectivity index (χ3v) is 6.59. The van der Waals surface area contributed by atoms with E-state index in [-0.39, 0.29) is 16.8 Å². The molecule has 2 aliphatic rings. The van der Waals surface area contributed by atoms with E-state index in [9.17, 15) is 13.2 Å². The van der Waals surface area contributed by atoms with E-state index in [1.807, 2.05) is 6.92 Å². The lowest BCUT2D eigenvalue weighted by Crippen LogP contribution is -2.42. The largest absolute Gasteiger partial charge is 0.317 e. The molecule has 2 aliphatic heterocycles. The zero-order valence-electron chi connectivity index (χ0n) is 14.1. The molecule has 0 spiro atoms. The first kappa shape index (κ1) is 16.5. The topological polar surface area (TPSA) is 78.5 Å². The molecule has 0 saturated carbocycles. The molecule has 2 aromatic rings. The summed E-state index contributed by atoms with van der Waals surface area (Å²) >= 11 is 0. The molecule has 0 radical (unpaired) electrons. The summed E-state index contributed by atoms with van der Waals surface area (Å²) in [5.74, 6) is -0.0658. The number of hydrogen-bond acceptors (Lipinski definition) is 4. The van der Waals surface area contributed by atoms with Crippen molar-refractivity contribution in [3.8, 4) is 0 Å². The molecule has 0 aliphatic carbocycles. The maximum absolute atomic E-state index is 13.0. The summed E-state index contributed by atoms with van der Waals surface area (Å²) in [6.45, 7) is 4.11. The van der Waals surface area contributed by atoms with Crippen LogP contribution in [-0.2, 0) is 10.0 Å². The number of carbonyl (C=O) groups excluding carboxylic acids is 1. The van der Waals surface area contributed by atoms with E-state index >= 15 is 0 Å². The Balaban J connectivity index is 1.82. The van der Waals surface area contributed by atoms with Gasteiger partial charge in [0, 0.05) is 28.9 Å². The van der Waals surface area contributed by atoms with Gasteiger partial charge in [-0.1, -0.05) is 12.1 Å². The maximum atomic E-state index is 13.0. The Morgan fingerprint density at radius 2 is 1.96 bits per heavy atom. The lowest BCUT2D eigenvalue weighted by Gasteiger charge is -2.24. The van der Waals surface area contributed by atoms with Crippen LogP contribution in [0.4, 0.5) is 5.69 Å². The quantitative estimate of drug-likeness (QED) is 0.873. The van der Waals surface area contributed by atoms with E-state index in [1.165, 1.54) is 0 Å². The highest BCUT2D eigenvalue weighted by atomic mass is 32.2. The average Bonchev–Trinajstić information content (AvgIpc) is 2.89. The third kappa shape index (κ3) is 2.63. The number of hydrogen-bond donors (Lipinski definition) is 2. The molecule has 6 nitrogen and oxygen atoms in total. The highest BCUT2D eigenvalue weighted by molar-refractivity contribution is 7.89. The van der Waals surface area contributed by atoms with Gasteiger partial charge in [0.25, 0.3) is 5.91 Å². The molecule has 2 aromatic carbocycles. The number of benzene rings is 2. The number of piperidine rings is 1. The molecule has 132 valence electrons. The second-order valence-corrected chi connectivity index (χ2v) is 8.19. The van der Waals surface area contributed by atoms with Gasteiger partial charge in [0.2, 0.25) is 10.0 Å². The molecule has 0 unspecified atom stereocenters. The molecule has 0 atom stereocenters. The standard InChI is InChI=1S/C18H21N3O3S/c1-2-21-15-6-7-16(13-4-3-5-14(17(13)15)18(21)22)25(23,24)20-12-8-10-19-11-9-12/h3-7,12,19-20H,2,8-11H2,1H3. The van der Waals surface area contributed by atoms with Crippen molar-refractivity contribution >= 4 is 32.4 Å². The molecule has 4 rings (SSSR count). The second kappa shape index (κ2) is 6.09. The first-order chi connectivity index (χ1) is 12.0. The molecular formula is C18H21N3O3S. The fourth-order valence-corrected chi connectivity index (χ4v) is 5.30. The smallest absolute Gasteiger partial charge is 0.258 e. The van der Waals surface area contributed by atoms with Gasteiger partial charge in [-0.2, -0.15) is 0 Å². The number of nitrogens with one attached hydrogen (secondary N) is 2. The minimum absolute atomic E-state index is 0.0527. The fraction of sp³-hybridized carbons (Fsp3) is 0.389. The van der Waals surface area contributed by atoms with Crippen LogP contribution in [0.3, 0.4) is 0 Å². The van der Waals surface area contributed by atoms with Crippen LogP contribution in [0.15, 0.2) is 35.2 Å². The summed E-state index contributed by atoms with van der Waals surface area (Å²) < 4.78 is 28.8. The number of nitrogens with zero attached hydrogens (tertiary/aromatic N) is 1. The molecule has 1 fully saturated rings. The van der Waals surface area contributed by atoms with Crippen LogP contribution in [0.5, 0.6) is 0 Å². The van der Waals surface area contributed by atoms with Gasteiger partial charge in [-0.3, -0.25) is 4.79 Å². The molecule has 0 aromatic heterocycles. The van der Waals surface area contributed by atoms with Crippen molar-refractivity contribution in [3.05, 3.63) is 35.9 Å². The Morgan fingerprint density at radius 1 is 1.20 bits per heavy atom. The van der Waals surface area contributed by atoms with Crippen LogP contribution in [0.2, 0.25) is 0 Å². The van der Waals surface area contributed by atoms with Gasteiger partial charge in [-0.15, -0.1) is 0 Å². The van der Waals surface area contributed by atoms with Crippen LogP contribution < -0.4 is 14.9 Å². The summed E-state index contributed by atoms with van der Waals surface area (Å²) in [6.07, 6.45) is 1.56. The van der Waals surface area contributed by atoms with Gasteiger partial charge in [0.05, 0.1) is 10.6 Å². The van der Waals surface area contributed by atoms with E-state index in [4.69, 9.17) is 0 Å². The van der Waals surface area contributed by atoms with Crippen molar-refractivity contribution in [1.82, 2.24) is 10.0 Å². The van der Waals surface area contributed by atoms with E-state index in [2.05, 4.69) is 10.0 Å². The molecule has 7 heteroatoms. The zero-order chi connectivity index (χ0) is 17.6. The van der Waals surface area contributed by atoms with Crippen LogP contribution in [0.25, 0.3) is 10.8 Å². The predicted molar refractivity (Wildman–Crippen MR) is 97.5 cm³/mol. The number of carbonyl (C=O) groups is 1. The minimum atomic E-state index is -3.64. The van der Waals surface area contributed by atoms with Crippen molar-refractivity contribution in [3.63, 3.8) is 0 Å².